The fourth-order valence-corrected chi connectivity index (χ4v) is 2.53. The first-order chi connectivity index (χ1) is 8.78. The molecule has 1 aromatic carbocycles. The van der Waals surface area contributed by atoms with Gasteiger partial charge in [0, 0.05) is 10.7 Å². The Morgan fingerprint density at radius 3 is 2.68 bits per heavy atom. The number of aryl methyl sites for hydroxylation is 1. The highest BCUT2D eigenvalue weighted by atomic mass is 35.7. The van der Waals surface area contributed by atoms with E-state index >= 15 is 0 Å². The third-order valence-electron chi connectivity index (χ3n) is 2.81. The van der Waals surface area contributed by atoms with Gasteiger partial charge in [0.25, 0.3) is 0 Å². The van der Waals surface area contributed by atoms with Gasteiger partial charge in [-0.05, 0) is 43.4 Å². The minimum Gasteiger partial charge on any atom is -0.490 e. The largest absolute Gasteiger partial charge is 0.490 e. The molecule has 0 fully saturated rings. The molecule has 0 aliphatic rings. The zero-order chi connectivity index (χ0) is 14.5. The molecule has 0 aromatic heterocycles. The van der Waals surface area contributed by atoms with Crippen LogP contribution in [0.15, 0.2) is 18.2 Å². The van der Waals surface area contributed by atoms with Gasteiger partial charge in [-0.1, -0.05) is 13.0 Å². The maximum absolute atomic E-state index is 13.4. The van der Waals surface area contributed by atoms with Crippen LogP contribution in [0.2, 0.25) is 0 Å². The van der Waals surface area contributed by atoms with Crippen molar-refractivity contribution >= 4 is 19.7 Å². The first-order valence-corrected chi connectivity index (χ1v) is 8.57. The zero-order valence-corrected chi connectivity index (χ0v) is 12.6. The smallest absolute Gasteiger partial charge is 0.232 e. The number of hydrogen-bond donors (Lipinski definition) is 0. The van der Waals surface area contributed by atoms with Crippen molar-refractivity contribution in [3.63, 3.8) is 0 Å². The summed E-state index contributed by atoms with van der Waals surface area (Å²) in [7, 11) is 1.70. The Balaban J connectivity index is 2.35. The van der Waals surface area contributed by atoms with Crippen LogP contribution in [0, 0.1) is 18.7 Å². The molecule has 1 atom stereocenters. The molecule has 108 valence electrons. The Bertz CT molecular complexity index is 517. The Labute approximate surface area is 118 Å². The van der Waals surface area contributed by atoms with Crippen molar-refractivity contribution in [2.24, 2.45) is 5.92 Å². The molecule has 0 radical (unpaired) electrons. The Morgan fingerprint density at radius 1 is 1.37 bits per heavy atom. The van der Waals surface area contributed by atoms with E-state index in [1.165, 1.54) is 6.07 Å². The van der Waals surface area contributed by atoms with Crippen molar-refractivity contribution in [2.75, 3.05) is 12.4 Å². The standard InChI is InChI=1S/C13H18ClFO3S/c1-10(6-8-19(14,16)17)5-7-18-13-9-11(2)3-4-12(13)15/h3-4,9-10H,5-8H2,1-2H3. The fraction of sp³-hybridized carbons (Fsp3) is 0.538. The average Bonchev–Trinajstić information content (AvgIpc) is 2.30. The number of hydrogen-bond acceptors (Lipinski definition) is 3. The summed E-state index contributed by atoms with van der Waals surface area (Å²) in [6.07, 6.45) is 1.13. The number of rotatable bonds is 7. The average molecular weight is 309 g/mol. The van der Waals surface area contributed by atoms with E-state index in [9.17, 15) is 12.8 Å². The van der Waals surface area contributed by atoms with Crippen LogP contribution in [0.4, 0.5) is 4.39 Å². The summed E-state index contributed by atoms with van der Waals surface area (Å²) < 4.78 is 40.3. The van der Waals surface area contributed by atoms with E-state index in [2.05, 4.69) is 0 Å². The molecule has 0 bridgehead atoms. The lowest BCUT2D eigenvalue weighted by Gasteiger charge is -2.12. The lowest BCUT2D eigenvalue weighted by atomic mass is 10.1. The van der Waals surface area contributed by atoms with E-state index in [0.29, 0.717) is 19.4 Å². The van der Waals surface area contributed by atoms with Gasteiger partial charge in [0.05, 0.1) is 12.4 Å². The summed E-state index contributed by atoms with van der Waals surface area (Å²) in [5, 5.41) is 0. The summed E-state index contributed by atoms with van der Waals surface area (Å²) >= 11 is 0. The van der Waals surface area contributed by atoms with Gasteiger partial charge >= 0.3 is 0 Å². The predicted molar refractivity (Wildman–Crippen MR) is 74.7 cm³/mol. The van der Waals surface area contributed by atoms with Crippen molar-refractivity contribution in [1.82, 2.24) is 0 Å². The van der Waals surface area contributed by atoms with E-state index in [0.717, 1.165) is 5.56 Å². The van der Waals surface area contributed by atoms with Crippen molar-refractivity contribution in [3.05, 3.63) is 29.6 Å². The first kappa shape index (κ1) is 16.2. The molecule has 1 rings (SSSR count). The van der Waals surface area contributed by atoms with E-state index in [1.807, 2.05) is 13.8 Å². The summed E-state index contributed by atoms with van der Waals surface area (Å²) in [6, 6.07) is 4.69. The second-order valence-electron chi connectivity index (χ2n) is 4.71. The maximum atomic E-state index is 13.4. The molecule has 1 aromatic rings. The molecule has 0 saturated heterocycles. The van der Waals surface area contributed by atoms with Gasteiger partial charge in [-0.15, -0.1) is 0 Å². The second-order valence-corrected chi connectivity index (χ2v) is 7.60. The van der Waals surface area contributed by atoms with E-state index in [-0.39, 0.29) is 23.2 Å². The molecular formula is C13H18ClFO3S. The van der Waals surface area contributed by atoms with Gasteiger partial charge in [0.2, 0.25) is 9.05 Å². The maximum Gasteiger partial charge on any atom is 0.232 e. The van der Waals surface area contributed by atoms with Crippen molar-refractivity contribution in [3.8, 4) is 5.75 Å². The zero-order valence-electron chi connectivity index (χ0n) is 11.0. The first-order valence-electron chi connectivity index (χ1n) is 6.09. The van der Waals surface area contributed by atoms with E-state index in [1.54, 1.807) is 12.1 Å². The normalized spacial score (nSPS) is 13.3. The highest BCUT2D eigenvalue weighted by Crippen LogP contribution is 2.19. The van der Waals surface area contributed by atoms with Crippen molar-refractivity contribution < 1.29 is 17.5 Å². The summed E-state index contributed by atoms with van der Waals surface area (Å²) in [6.45, 7) is 4.13. The van der Waals surface area contributed by atoms with Gasteiger partial charge in [-0.2, -0.15) is 0 Å². The van der Waals surface area contributed by atoms with Gasteiger partial charge in [0.1, 0.15) is 0 Å². The fourth-order valence-electron chi connectivity index (χ4n) is 1.58. The molecule has 0 aliphatic heterocycles. The lowest BCUT2D eigenvalue weighted by Crippen LogP contribution is -2.09. The van der Waals surface area contributed by atoms with Crippen LogP contribution in [0.1, 0.15) is 25.3 Å². The molecule has 0 N–H and O–H groups in total. The Morgan fingerprint density at radius 2 is 2.05 bits per heavy atom. The van der Waals surface area contributed by atoms with Crippen LogP contribution in [0.25, 0.3) is 0 Å². The monoisotopic (exact) mass is 308 g/mol. The minimum absolute atomic E-state index is 0.0471. The number of ether oxygens (including phenoxy) is 1. The molecule has 19 heavy (non-hydrogen) atoms. The van der Waals surface area contributed by atoms with Gasteiger partial charge in [-0.3, -0.25) is 0 Å². The van der Waals surface area contributed by atoms with Crippen molar-refractivity contribution in [1.29, 1.82) is 0 Å². The topological polar surface area (TPSA) is 43.4 Å². The molecule has 6 heteroatoms. The highest BCUT2D eigenvalue weighted by molar-refractivity contribution is 8.13. The minimum atomic E-state index is -3.44. The van der Waals surface area contributed by atoms with E-state index < -0.39 is 9.05 Å². The summed E-state index contributed by atoms with van der Waals surface area (Å²) in [5.74, 6) is -0.0470. The molecule has 0 aliphatic carbocycles. The van der Waals surface area contributed by atoms with Gasteiger partial charge in [0.15, 0.2) is 11.6 Å². The van der Waals surface area contributed by atoms with Crippen molar-refractivity contribution in [2.45, 2.75) is 26.7 Å². The quantitative estimate of drug-likeness (QED) is 0.724. The number of halogens is 2. The molecule has 0 saturated carbocycles. The summed E-state index contributed by atoms with van der Waals surface area (Å²) in [5.41, 5.74) is 0.928. The van der Waals surface area contributed by atoms with Crippen LogP contribution in [0.5, 0.6) is 5.75 Å². The van der Waals surface area contributed by atoms with Crippen LogP contribution in [-0.2, 0) is 9.05 Å². The molecule has 0 spiro atoms. The number of benzene rings is 1. The van der Waals surface area contributed by atoms with Gasteiger partial charge < -0.3 is 4.74 Å². The third-order valence-corrected chi connectivity index (χ3v) is 4.00. The highest BCUT2D eigenvalue weighted by Gasteiger charge is 2.10. The van der Waals surface area contributed by atoms with E-state index in [4.69, 9.17) is 15.4 Å². The van der Waals surface area contributed by atoms with Gasteiger partial charge in [-0.25, -0.2) is 12.8 Å². The van der Waals surface area contributed by atoms with Crippen LogP contribution >= 0.6 is 10.7 Å². The Kier molecular flexibility index (Phi) is 6.07. The molecule has 1 unspecified atom stereocenters. The Hall–Kier alpha value is -0.810. The molecule has 0 amide bonds. The summed E-state index contributed by atoms with van der Waals surface area (Å²) in [4.78, 5) is 0. The lowest BCUT2D eigenvalue weighted by molar-refractivity contribution is 0.270. The molecule has 3 nitrogen and oxygen atoms in total. The van der Waals surface area contributed by atoms with Crippen LogP contribution in [0.3, 0.4) is 0 Å². The second kappa shape index (κ2) is 7.10. The van der Waals surface area contributed by atoms with Crippen LogP contribution in [-0.4, -0.2) is 20.8 Å². The molecule has 0 heterocycles. The molecular weight excluding hydrogens is 291 g/mol. The third kappa shape index (κ3) is 6.78. The predicted octanol–water partition coefficient (Wildman–Crippen LogP) is 3.50. The SMILES string of the molecule is Cc1ccc(F)c(OCCC(C)CCS(=O)(=O)Cl)c1. The van der Waals surface area contributed by atoms with Crippen LogP contribution < -0.4 is 4.74 Å².